The Bertz CT molecular complexity index is 882. The first-order chi connectivity index (χ1) is 14.5. The van der Waals surface area contributed by atoms with Crippen molar-refractivity contribution in [1.29, 1.82) is 0 Å². The zero-order valence-corrected chi connectivity index (χ0v) is 19.2. The Morgan fingerprint density at radius 1 is 0.867 bits per heavy atom. The lowest BCUT2D eigenvalue weighted by atomic mass is 10.0. The van der Waals surface area contributed by atoms with Crippen molar-refractivity contribution in [3.05, 3.63) is 71.4 Å². The molecule has 0 saturated heterocycles. The maximum absolute atomic E-state index is 4.98. The fourth-order valence-corrected chi connectivity index (χ4v) is 4.06. The highest BCUT2D eigenvalue weighted by molar-refractivity contribution is 5.80. The molecule has 4 nitrogen and oxygen atoms in total. The van der Waals surface area contributed by atoms with Crippen LogP contribution in [-0.4, -0.2) is 45.5 Å². The smallest absolute Gasteiger partial charge is 0.120 e. The summed E-state index contributed by atoms with van der Waals surface area (Å²) < 4.78 is 0. The van der Waals surface area contributed by atoms with Gasteiger partial charge in [-0.1, -0.05) is 49.7 Å². The summed E-state index contributed by atoms with van der Waals surface area (Å²) in [6.45, 7) is 3.12. The lowest BCUT2D eigenvalue weighted by molar-refractivity contribution is 0.253. The molecule has 160 valence electrons. The van der Waals surface area contributed by atoms with Gasteiger partial charge in [-0.25, -0.2) is 0 Å². The molecule has 0 bridgehead atoms. The van der Waals surface area contributed by atoms with Crippen LogP contribution in [0.1, 0.15) is 37.3 Å². The maximum Gasteiger partial charge on any atom is 0.120 e. The van der Waals surface area contributed by atoms with Crippen molar-refractivity contribution in [2.24, 2.45) is 4.99 Å². The Balaban J connectivity index is 1.86. The van der Waals surface area contributed by atoms with Crippen LogP contribution in [0.4, 0.5) is 11.4 Å². The van der Waals surface area contributed by atoms with Crippen molar-refractivity contribution >= 4 is 17.6 Å². The minimum Gasteiger partial charge on any atom is -0.377 e. The Labute approximate surface area is 182 Å². The molecule has 1 aliphatic heterocycles. The molecule has 0 radical (unpaired) electrons. The van der Waals surface area contributed by atoms with Crippen LogP contribution in [0.3, 0.4) is 0 Å². The van der Waals surface area contributed by atoms with Crippen molar-refractivity contribution in [2.75, 3.05) is 38.0 Å². The zero-order chi connectivity index (χ0) is 21.5. The van der Waals surface area contributed by atoms with Crippen molar-refractivity contribution in [3.63, 3.8) is 0 Å². The van der Waals surface area contributed by atoms with Gasteiger partial charge in [0.2, 0.25) is 0 Å². The summed E-state index contributed by atoms with van der Waals surface area (Å²) in [4.78, 5) is 11.8. The first kappa shape index (κ1) is 21.9. The molecule has 0 aromatic heterocycles. The third-order valence-corrected chi connectivity index (χ3v) is 5.64. The van der Waals surface area contributed by atoms with Gasteiger partial charge >= 0.3 is 0 Å². The number of para-hydroxylation sites is 2. The predicted octanol–water partition coefficient (Wildman–Crippen LogP) is 5.35. The molecule has 2 aromatic carbocycles. The third-order valence-electron chi connectivity index (χ3n) is 5.64. The quantitative estimate of drug-likeness (QED) is 0.563. The van der Waals surface area contributed by atoms with E-state index >= 15 is 0 Å². The summed E-state index contributed by atoms with van der Waals surface area (Å²) in [7, 11) is 8.43. The average Bonchev–Trinajstić information content (AvgIpc) is 2.73. The molecular formula is C26H36N4. The molecule has 4 heteroatoms. The molecule has 1 atom stereocenters. The van der Waals surface area contributed by atoms with Gasteiger partial charge in [0.15, 0.2) is 0 Å². The molecule has 0 amide bonds. The van der Waals surface area contributed by atoms with E-state index < -0.39 is 0 Å². The second kappa shape index (κ2) is 10.3. The number of hydrogen-bond donors (Lipinski definition) is 0. The first-order valence-corrected chi connectivity index (χ1v) is 11.0. The standard InChI is InChI=1S/C26H36N4/c1-6-7-16-26-27-18-21(17-22-12-8-10-14-24(22)28(2)3)19-30(26)20-23-13-9-11-15-25(23)29(4)5/h8-15,18-19,26H,6-7,16-17,20H2,1-5H3. The van der Waals surface area contributed by atoms with Gasteiger partial charge < -0.3 is 14.7 Å². The summed E-state index contributed by atoms with van der Waals surface area (Å²) in [5.41, 5.74) is 6.48. The Morgan fingerprint density at radius 2 is 1.47 bits per heavy atom. The number of hydrogen-bond acceptors (Lipinski definition) is 4. The average molecular weight is 405 g/mol. The molecule has 0 fully saturated rings. The lowest BCUT2D eigenvalue weighted by Crippen LogP contribution is -2.32. The molecule has 0 spiro atoms. The van der Waals surface area contributed by atoms with Gasteiger partial charge in [-0.3, -0.25) is 4.99 Å². The second-order valence-electron chi connectivity index (χ2n) is 8.50. The number of benzene rings is 2. The fourth-order valence-electron chi connectivity index (χ4n) is 4.06. The van der Waals surface area contributed by atoms with Crippen LogP contribution < -0.4 is 9.80 Å². The summed E-state index contributed by atoms with van der Waals surface area (Å²) in [5, 5.41) is 0. The third kappa shape index (κ3) is 5.44. The molecular weight excluding hydrogens is 368 g/mol. The number of nitrogens with zero attached hydrogens (tertiary/aromatic N) is 4. The summed E-state index contributed by atoms with van der Waals surface area (Å²) in [5.74, 6) is 0. The van der Waals surface area contributed by atoms with E-state index in [1.807, 2.05) is 0 Å². The van der Waals surface area contributed by atoms with E-state index in [4.69, 9.17) is 4.99 Å². The SMILES string of the molecule is CCCCC1N=CC(Cc2ccccc2N(C)C)=CN1Cc1ccccc1N(C)C. The highest BCUT2D eigenvalue weighted by Crippen LogP contribution is 2.27. The largest absolute Gasteiger partial charge is 0.377 e. The minimum atomic E-state index is 0.216. The molecule has 1 heterocycles. The van der Waals surface area contributed by atoms with E-state index in [1.165, 1.54) is 40.9 Å². The minimum absolute atomic E-state index is 0.216. The summed E-state index contributed by atoms with van der Waals surface area (Å²) in [6, 6.07) is 17.3. The second-order valence-corrected chi connectivity index (χ2v) is 8.50. The molecule has 1 aliphatic rings. The monoisotopic (exact) mass is 404 g/mol. The highest BCUT2D eigenvalue weighted by Gasteiger charge is 2.20. The summed E-state index contributed by atoms with van der Waals surface area (Å²) >= 11 is 0. The van der Waals surface area contributed by atoms with Gasteiger partial charge in [0.1, 0.15) is 6.17 Å². The highest BCUT2D eigenvalue weighted by atomic mass is 15.2. The van der Waals surface area contributed by atoms with E-state index in [0.29, 0.717) is 0 Å². The predicted molar refractivity (Wildman–Crippen MR) is 131 cm³/mol. The lowest BCUT2D eigenvalue weighted by Gasteiger charge is -2.33. The van der Waals surface area contributed by atoms with Crippen LogP contribution in [0.2, 0.25) is 0 Å². The van der Waals surface area contributed by atoms with Gasteiger partial charge in [-0.15, -0.1) is 0 Å². The molecule has 1 unspecified atom stereocenters. The number of rotatable bonds is 9. The Kier molecular flexibility index (Phi) is 7.56. The molecule has 0 aliphatic carbocycles. The van der Waals surface area contributed by atoms with Crippen LogP contribution in [0.15, 0.2) is 65.3 Å². The van der Waals surface area contributed by atoms with Crippen LogP contribution >= 0.6 is 0 Å². The van der Waals surface area contributed by atoms with E-state index in [1.54, 1.807) is 0 Å². The van der Waals surface area contributed by atoms with Crippen molar-refractivity contribution < 1.29 is 0 Å². The van der Waals surface area contributed by atoms with Crippen LogP contribution in [0, 0.1) is 0 Å². The molecule has 0 N–H and O–H groups in total. The van der Waals surface area contributed by atoms with Gasteiger partial charge in [0.25, 0.3) is 0 Å². The van der Waals surface area contributed by atoms with E-state index in [2.05, 4.69) is 111 Å². The number of aliphatic imine (C=N–C) groups is 1. The Morgan fingerprint density at radius 3 is 2.10 bits per heavy atom. The number of anilines is 2. The van der Waals surface area contributed by atoms with E-state index in [0.717, 1.165) is 19.4 Å². The molecule has 2 aromatic rings. The van der Waals surface area contributed by atoms with E-state index in [-0.39, 0.29) is 6.17 Å². The molecule has 0 saturated carbocycles. The van der Waals surface area contributed by atoms with Crippen molar-refractivity contribution in [3.8, 4) is 0 Å². The van der Waals surface area contributed by atoms with Gasteiger partial charge in [0, 0.05) is 64.9 Å². The van der Waals surface area contributed by atoms with Gasteiger partial charge in [0.05, 0.1) is 0 Å². The maximum atomic E-state index is 4.98. The molecule has 3 rings (SSSR count). The topological polar surface area (TPSA) is 22.1 Å². The molecule has 30 heavy (non-hydrogen) atoms. The summed E-state index contributed by atoms with van der Waals surface area (Å²) in [6.07, 6.45) is 9.03. The number of allylic oxidation sites excluding steroid dienone is 1. The van der Waals surface area contributed by atoms with Crippen LogP contribution in [-0.2, 0) is 13.0 Å². The zero-order valence-electron chi connectivity index (χ0n) is 19.2. The van der Waals surface area contributed by atoms with E-state index in [9.17, 15) is 0 Å². The number of unbranched alkanes of at least 4 members (excludes halogenated alkanes) is 1. The first-order valence-electron chi connectivity index (χ1n) is 11.0. The van der Waals surface area contributed by atoms with Crippen molar-refractivity contribution in [2.45, 2.75) is 45.3 Å². The van der Waals surface area contributed by atoms with Crippen LogP contribution in [0.25, 0.3) is 0 Å². The normalized spacial score (nSPS) is 15.8. The van der Waals surface area contributed by atoms with Gasteiger partial charge in [-0.2, -0.15) is 0 Å². The van der Waals surface area contributed by atoms with Gasteiger partial charge in [-0.05, 0) is 41.7 Å². The van der Waals surface area contributed by atoms with Crippen molar-refractivity contribution in [1.82, 2.24) is 4.90 Å². The fraction of sp³-hybridized carbons (Fsp3) is 0.423. The Hall–Kier alpha value is -2.75. The van der Waals surface area contributed by atoms with Crippen LogP contribution in [0.5, 0.6) is 0 Å².